The average molecular weight is 300 g/mol. The number of halogens is 1. The fraction of sp³-hybridized carbons (Fsp3) is 0.111. The molecule has 4 nitrogen and oxygen atoms in total. The van der Waals surface area contributed by atoms with Crippen molar-refractivity contribution in [2.24, 2.45) is 5.73 Å². The van der Waals surface area contributed by atoms with Crippen molar-refractivity contribution < 1.29 is 0 Å². The van der Waals surface area contributed by atoms with Crippen molar-refractivity contribution >= 4 is 22.6 Å². The molecule has 0 radical (unpaired) electrons. The topological polar surface area (TPSA) is 67.6 Å². The molecule has 3 N–H and O–H groups in total. The molecule has 5 heteroatoms. The number of rotatable bonds is 2. The zero-order valence-corrected chi connectivity index (χ0v) is 9.52. The fourth-order valence-corrected chi connectivity index (χ4v) is 1.78. The van der Waals surface area contributed by atoms with Crippen LogP contribution in [0.3, 0.4) is 0 Å². The Labute approximate surface area is 95.1 Å². The summed E-state index contributed by atoms with van der Waals surface area (Å²) in [7, 11) is 0. The summed E-state index contributed by atoms with van der Waals surface area (Å²) in [6.45, 7) is 0.385. The standard InChI is InChI=1S/C9H9IN4/c10-7-4-2-1-3-6(7)9-12-8(5-11)13-14-9/h1-4H,5,11H2,(H,12,13,14). The van der Waals surface area contributed by atoms with Crippen molar-refractivity contribution in [1.82, 2.24) is 15.2 Å². The molecule has 0 aliphatic heterocycles. The smallest absolute Gasteiger partial charge is 0.182 e. The van der Waals surface area contributed by atoms with Crippen LogP contribution in [0.2, 0.25) is 0 Å². The molecule has 0 fully saturated rings. The Bertz CT molecular complexity index is 438. The highest BCUT2D eigenvalue weighted by Gasteiger charge is 2.07. The van der Waals surface area contributed by atoms with E-state index in [2.05, 4.69) is 37.8 Å². The van der Waals surface area contributed by atoms with Gasteiger partial charge in [-0.15, -0.1) is 0 Å². The minimum absolute atomic E-state index is 0.385. The van der Waals surface area contributed by atoms with Crippen LogP contribution in [0.25, 0.3) is 11.4 Å². The van der Waals surface area contributed by atoms with Crippen molar-refractivity contribution in [3.8, 4) is 11.4 Å². The van der Waals surface area contributed by atoms with Crippen molar-refractivity contribution in [1.29, 1.82) is 0 Å². The Kier molecular flexibility index (Phi) is 2.78. The molecule has 1 aromatic carbocycles. The van der Waals surface area contributed by atoms with Gasteiger partial charge in [-0.1, -0.05) is 18.2 Å². The van der Waals surface area contributed by atoms with Gasteiger partial charge in [-0.3, -0.25) is 5.10 Å². The van der Waals surface area contributed by atoms with Gasteiger partial charge in [0.2, 0.25) is 0 Å². The summed E-state index contributed by atoms with van der Waals surface area (Å²) in [5.41, 5.74) is 6.48. The summed E-state index contributed by atoms with van der Waals surface area (Å²) in [6.07, 6.45) is 0. The van der Waals surface area contributed by atoms with Gasteiger partial charge in [0.1, 0.15) is 5.82 Å². The summed E-state index contributed by atoms with van der Waals surface area (Å²) in [6, 6.07) is 7.97. The van der Waals surface area contributed by atoms with E-state index < -0.39 is 0 Å². The third-order valence-electron chi connectivity index (χ3n) is 1.84. The summed E-state index contributed by atoms with van der Waals surface area (Å²) >= 11 is 2.26. The molecular weight excluding hydrogens is 291 g/mol. The first-order valence-corrected chi connectivity index (χ1v) is 5.25. The molecule has 1 heterocycles. The summed E-state index contributed by atoms with van der Waals surface area (Å²) < 4.78 is 1.13. The molecular formula is C9H9IN4. The van der Waals surface area contributed by atoms with E-state index in [-0.39, 0.29) is 0 Å². The van der Waals surface area contributed by atoms with Gasteiger partial charge in [0.05, 0.1) is 6.54 Å². The lowest BCUT2D eigenvalue weighted by Crippen LogP contribution is -1.97. The quantitative estimate of drug-likeness (QED) is 0.827. The molecule has 14 heavy (non-hydrogen) atoms. The number of hydrogen-bond acceptors (Lipinski definition) is 3. The van der Waals surface area contributed by atoms with E-state index in [9.17, 15) is 0 Å². The molecule has 0 saturated heterocycles. The normalized spacial score (nSPS) is 10.4. The van der Waals surface area contributed by atoms with Crippen molar-refractivity contribution in [3.05, 3.63) is 33.7 Å². The van der Waals surface area contributed by atoms with Gasteiger partial charge in [-0.25, -0.2) is 4.98 Å². The average Bonchev–Trinajstić information content (AvgIpc) is 2.67. The van der Waals surface area contributed by atoms with Gasteiger partial charge in [0.15, 0.2) is 5.82 Å². The Balaban J connectivity index is 2.44. The van der Waals surface area contributed by atoms with Gasteiger partial charge in [-0.2, -0.15) is 5.10 Å². The number of benzene rings is 1. The van der Waals surface area contributed by atoms with Gasteiger partial charge in [0, 0.05) is 9.13 Å². The highest BCUT2D eigenvalue weighted by molar-refractivity contribution is 14.1. The molecule has 0 spiro atoms. The Morgan fingerprint density at radius 3 is 2.79 bits per heavy atom. The van der Waals surface area contributed by atoms with Crippen LogP contribution < -0.4 is 5.73 Å². The Hall–Kier alpha value is -0.950. The predicted molar refractivity (Wildman–Crippen MR) is 62.4 cm³/mol. The van der Waals surface area contributed by atoms with Crippen LogP contribution in [0.1, 0.15) is 5.82 Å². The highest BCUT2D eigenvalue weighted by Crippen LogP contribution is 2.21. The maximum absolute atomic E-state index is 5.44. The van der Waals surface area contributed by atoms with E-state index in [0.29, 0.717) is 18.2 Å². The number of nitrogens with two attached hydrogens (primary N) is 1. The van der Waals surface area contributed by atoms with Crippen molar-refractivity contribution in [3.63, 3.8) is 0 Å². The number of H-pyrrole nitrogens is 1. The Morgan fingerprint density at radius 1 is 1.36 bits per heavy atom. The maximum atomic E-state index is 5.44. The molecule has 1 aromatic heterocycles. The molecule has 0 saturated carbocycles. The van der Waals surface area contributed by atoms with Crippen LogP contribution in [-0.2, 0) is 6.54 Å². The van der Waals surface area contributed by atoms with Crippen LogP contribution in [0.15, 0.2) is 24.3 Å². The van der Waals surface area contributed by atoms with E-state index in [1.807, 2.05) is 24.3 Å². The van der Waals surface area contributed by atoms with Crippen LogP contribution in [-0.4, -0.2) is 15.2 Å². The van der Waals surface area contributed by atoms with E-state index in [0.717, 1.165) is 9.13 Å². The molecule has 0 bridgehead atoms. The van der Waals surface area contributed by atoms with E-state index >= 15 is 0 Å². The molecule has 0 aliphatic carbocycles. The molecule has 0 atom stereocenters. The second-order valence-corrected chi connectivity index (χ2v) is 3.95. The highest BCUT2D eigenvalue weighted by atomic mass is 127. The second kappa shape index (κ2) is 4.05. The minimum atomic E-state index is 0.385. The summed E-state index contributed by atoms with van der Waals surface area (Å²) in [4.78, 5) is 4.26. The van der Waals surface area contributed by atoms with Crippen LogP contribution in [0.5, 0.6) is 0 Å². The molecule has 0 amide bonds. The molecule has 72 valence electrons. The van der Waals surface area contributed by atoms with E-state index in [1.54, 1.807) is 0 Å². The maximum Gasteiger partial charge on any atom is 0.182 e. The van der Waals surface area contributed by atoms with E-state index in [1.165, 1.54) is 0 Å². The van der Waals surface area contributed by atoms with Crippen LogP contribution in [0, 0.1) is 3.57 Å². The molecule has 2 rings (SSSR count). The largest absolute Gasteiger partial charge is 0.324 e. The lowest BCUT2D eigenvalue weighted by molar-refractivity contribution is 0.917. The van der Waals surface area contributed by atoms with Gasteiger partial charge >= 0.3 is 0 Å². The van der Waals surface area contributed by atoms with Crippen LogP contribution in [0.4, 0.5) is 0 Å². The first kappa shape index (κ1) is 9.60. The zero-order chi connectivity index (χ0) is 9.97. The summed E-state index contributed by atoms with van der Waals surface area (Å²) in [5, 5.41) is 6.89. The lowest BCUT2D eigenvalue weighted by atomic mass is 10.2. The molecule has 0 unspecified atom stereocenters. The van der Waals surface area contributed by atoms with Gasteiger partial charge in [0.25, 0.3) is 0 Å². The van der Waals surface area contributed by atoms with Crippen molar-refractivity contribution in [2.45, 2.75) is 6.54 Å². The lowest BCUT2D eigenvalue weighted by Gasteiger charge is -1.97. The Morgan fingerprint density at radius 2 is 2.14 bits per heavy atom. The molecule has 2 aromatic rings. The number of aromatic amines is 1. The fourth-order valence-electron chi connectivity index (χ4n) is 1.15. The summed E-state index contributed by atoms with van der Waals surface area (Å²) in [5.74, 6) is 1.41. The third kappa shape index (κ3) is 1.78. The third-order valence-corrected chi connectivity index (χ3v) is 2.78. The number of nitrogens with zero attached hydrogens (tertiary/aromatic N) is 2. The van der Waals surface area contributed by atoms with Gasteiger partial charge < -0.3 is 5.73 Å². The van der Waals surface area contributed by atoms with E-state index in [4.69, 9.17) is 5.73 Å². The number of hydrogen-bond donors (Lipinski definition) is 2. The number of aromatic nitrogens is 3. The van der Waals surface area contributed by atoms with Crippen LogP contribution >= 0.6 is 22.6 Å². The SMILES string of the molecule is NCc1nc(-c2ccccc2I)n[nH]1. The molecule has 0 aliphatic rings. The monoisotopic (exact) mass is 300 g/mol. The van der Waals surface area contributed by atoms with Crippen molar-refractivity contribution in [2.75, 3.05) is 0 Å². The zero-order valence-electron chi connectivity index (χ0n) is 7.37. The minimum Gasteiger partial charge on any atom is -0.324 e. The second-order valence-electron chi connectivity index (χ2n) is 2.79. The predicted octanol–water partition coefficient (Wildman–Crippen LogP) is 1.53. The first-order valence-electron chi connectivity index (χ1n) is 4.17. The first-order chi connectivity index (χ1) is 6.81. The van der Waals surface area contributed by atoms with Gasteiger partial charge in [-0.05, 0) is 28.7 Å². The number of nitrogens with one attached hydrogen (secondary N) is 1.